The van der Waals surface area contributed by atoms with Gasteiger partial charge in [0.2, 0.25) is 5.88 Å². The number of aromatic hydroxyl groups is 1. The van der Waals surface area contributed by atoms with Gasteiger partial charge in [-0.3, -0.25) is 4.98 Å². The summed E-state index contributed by atoms with van der Waals surface area (Å²) in [6.45, 7) is 5.23. The number of nitrogens with one attached hydrogen (secondary N) is 1. The summed E-state index contributed by atoms with van der Waals surface area (Å²) in [5, 5.41) is 12.5. The molecule has 2 heterocycles. The van der Waals surface area contributed by atoms with Crippen LogP contribution in [0, 0.1) is 0 Å². The van der Waals surface area contributed by atoms with E-state index in [2.05, 4.69) is 15.3 Å². The molecule has 0 aliphatic heterocycles. The maximum absolute atomic E-state index is 9.17. The van der Waals surface area contributed by atoms with Crippen LogP contribution < -0.4 is 10.1 Å². The van der Waals surface area contributed by atoms with Crippen LogP contribution >= 0.6 is 0 Å². The number of rotatable bonds is 6. The highest BCUT2D eigenvalue weighted by molar-refractivity contribution is 5.25. The summed E-state index contributed by atoms with van der Waals surface area (Å²) in [4.78, 5) is 8.37. The third kappa shape index (κ3) is 4.20. The minimum atomic E-state index is 0.0995. The predicted octanol–water partition coefficient (Wildman–Crippen LogP) is 2.26. The molecule has 0 fully saturated rings. The Bertz CT molecular complexity index is 541. The van der Waals surface area contributed by atoms with Crippen molar-refractivity contribution in [3.05, 3.63) is 47.9 Å². The summed E-state index contributed by atoms with van der Waals surface area (Å²) in [6, 6.07) is 7.30. The molecule has 0 aliphatic carbocycles. The highest BCUT2D eigenvalue weighted by Gasteiger charge is 2.06. The molecular weight excluding hydrogens is 254 g/mol. The van der Waals surface area contributed by atoms with Gasteiger partial charge in [0.1, 0.15) is 5.75 Å². The zero-order chi connectivity index (χ0) is 14.4. The van der Waals surface area contributed by atoms with E-state index in [1.807, 2.05) is 26.0 Å². The molecule has 2 rings (SSSR count). The van der Waals surface area contributed by atoms with E-state index in [4.69, 9.17) is 4.74 Å². The van der Waals surface area contributed by atoms with E-state index in [9.17, 15) is 5.11 Å². The SMILES string of the molecule is CC(C)Oc1ncccc1CNCc1ccc(O)cn1. The Balaban J connectivity index is 1.92. The lowest BCUT2D eigenvalue weighted by atomic mass is 10.2. The van der Waals surface area contributed by atoms with Crippen LogP contribution in [0.25, 0.3) is 0 Å². The van der Waals surface area contributed by atoms with Gasteiger partial charge in [-0.25, -0.2) is 4.98 Å². The van der Waals surface area contributed by atoms with Crippen LogP contribution in [0.4, 0.5) is 0 Å². The first-order valence-electron chi connectivity index (χ1n) is 6.60. The van der Waals surface area contributed by atoms with Crippen LogP contribution in [0.3, 0.4) is 0 Å². The van der Waals surface area contributed by atoms with Gasteiger partial charge < -0.3 is 15.2 Å². The number of hydrogen-bond donors (Lipinski definition) is 2. The highest BCUT2D eigenvalue weighted by atomic mass is 16.5. The topological polar surface area (TPSA) is 67.3 Å². The normalized spacial score (nSPS) is 10.8. The fourth-order valence-corrected chi connectivity index (χ4v) is 1.73. The molecule has 0 unspecified atom stereocenters. The summed E-state index contributed by atoms with van der Waals surface area (Å²) in [5.41, 5.74) is 1.89. The summed E-state index contributed by atoms with van der Waals surface area (Å²) in [5.74, 6) is 0.835. The molecule has 2 N–H and O–H groups in total. The summed E-state index contributed by atoms with van der Waals surface area (Å²) >= 11 is 0. The Morgan fingerprint density at radius 3 is 2.75 bits per heavy atom. The largest absolute Gasteiger partial charge is 0.506 e. The Morgan fingerprint density at radius 2 is 2.05 bits per heavy atom. The minimum Gasteiger partial charge on any atom is -0.506 e. The van der Waals surface area contributed by atoms with Crippen LogP contribution in [0.2, 0.25) is 0 Å². The molecule has 0 bridgehead atoms. The molecule has 0 amide bonds. The van der Waals surface area contributed by atoms with Crippen molar-refractivity contribution in [1.82, 2.24) is 15.3 Å². The third-order valence-corrected chi connectivity index (χ3v) is 2.63. The van der Waals surface area contributed by atoms with Gasteiger partial charge in [-0.05, 0) is 32.0 Å². The average molecular weight is 273 g/mol. The standard InChI is InChI=1S/C15H19N3O2/c1-11(2)20-15-12(4-3-7-17-15)8-16-9-13-5-6-14(19)10-18-13/h3-7,10-11,16,19H,8-9H2,1-2H3. The Hall–Kier alpha value is -2.14. The highest BCUT2D eigenvalue weighted by Crippen LogP contribution is 2.15. The Labute approximate surface area is 118 Å². The van der Waals surface area contributed by atoms with Gasteiger partial charge in [-0.2, -0.15) is 0 Å². The lowest BCUT2D eigenvalue weighted by Gasteiger charge is -2.13. The van der Waals surface area contributed by atoms with E-state index in [0.717, 1.165) is 11.3 Å². The van der Waals surface area contributed by atoms with Crippen LogP contribution in [-0.4, -0.2) is 21.2 Å². The zero-order valence-corrected chi connectivity index (χ0v) is 11.7. The van der Waals surface area contributed by atoms with Crippen molar-refractivity contribution in [3.8, 4) is 11.6 Å². The monoisotopic (exact) mass is 273 g/mol. The van der Waals surface area contributed by atoms with E-state index >= 15 is 0 Å². The molecule has 106 valence electrons. The van der Waals surface area contributed by atoms with Gasteiger partial charge in [0.25, 0.3) is 0 Å². The maximum Gasteiger partial charge on any atom is 0.218 e. The van der Waals surface area contributed by atoms with Crippen molar-refractivity contribution in [1.29, 1.82) is 0 Å². The molecule has 0 aliphatic rings. The van der Waals surface area contributed by atoms with Gasteiger partial charge in [0, 0.05) is 24.8 Å². The van der Waals surface area contributed by atoms with Gasteiger partial charge in [-0.15, -0.1) is 0 Å². The van der Waals surface area contributed by atoms with Gasteiger partial charge in [0.15, 0.2) is 0 Å². The lowest BCUT2D eigenvalue weighted by Crippen LogP contribution is -2.16. The van der Waals surface area contributed by atoms with Crippen molar-refractivity contribution in [3.63, 3.8) is 0 Å². The van der Waals surface area contributed by atoms with Crippen LogP contribution in [0.15, 0.2) is 36.7 Å². The molecule has 0 aromatic carbocycles. The van der Waals surface area contributed by atoms with Gasteiger partial charge in [0.05, 0.1) is 18.0 Å². The molecule has 0 atom stereocenters. The predicted molar refractivity (Wildman–Crippen MR) is 76.4 cm³/mol. The average Bonchev–Trinajstić information content (AvgIpc) is 2.42. The van der Waals surface area contributed by atoms with Crippen molar-refractivity contribution in [2.75, 3.05) is 0 Å². The van der Waals surface area contributed by atoms with Crippen molar-refractivity contribution >= 4 is 0 Å². The van der Waals surface area contributed by atoms with E-state index in [0.29, 0.717) is 19.0 Å². The number of nitrogens with zero attached hydrogens (tertiary/aromatic N) is 2. The summed E-state index contributed by atoms with van der Waals surface area (Å²) in [6.07, 6.45) is 3.26. The van der Waals surface area contributed by atoms with E-state index < -0.39 is 0 Å². The lowest BCUT2D eigenvalue weighted by molar-refractivity contribution is 0.229. The number of aromatic nitrogens is 2. The first kappa shape index (κ1) is 14.3. The number of hydrogen-bond acceptors (Lipinski definition) is 5. The van der Waals surface area contributed by atoms with Crippen LogP contribution in [0.1, 0.15) is 25.1 Å². The smallest absolute Gasteiger partial charge is 0.218 e. The molecular formula is C15H19N3O2. The molecule has 20 heavy (non-hydrogen) atoms. The second-order valence-corrected chi connectivity index (χ2v) is 4.75. The fraction of sp³-hybridized carbons (Fsp3) is 0.333. The Morgan fingerprint density at radius 1 is 1.20 bits per heavy atom. The third-order valence-electron chi connectivity index (χ3n) is 2.63. The number of pyridine rings is 2. The zero-order valence-electron chi connectivity index (χ0n) is 11.7. The quantitative estimate of drug-likeness (QED) is 0.845. The summed E-state index contributed by atoms with van der Waals surface area (Å²) < 4.78 is 5.66. The molecule has 0 spiro atoms. The molecule has 0 saturated carbocycles. The van der Waals surface area contributed by atoms with Crippen LogP contribution in [-0.2, 0) is 13.1 Å². The molecule has 2 aromatic rings. The summed E-state index contributed by atoms with van der Waals surface area (Å²) in [7, 11) is 0. The van der Waals surface area contributed by atoms with Crippen molar-refractivity contribution < 1.29 is 9.84 Å². The van der Waals surface area contributed by atoms with E-state index in [1.54, 1.807) is 18.3 Å². The number of ether oxygens (including phenoxy) is 1. The van der Waals surface area contributed by atoms with Crippen molar-refractivity contribution in [2.45, 2.75) is 33.0 Å². The fourth-order valence-electron chi connectivity index (χ4n) is 1.73. The molecule has 5 nitrogen and oxygen atoms in total. The van der Waals surface area contributed by atoms with Crippen LogP contribution in [0.5, 0.6) is 11.6 Å². The molecule has 0 saturated heterocycles. The molecule has 0 radical (unpaired) electrons. The minimum absolute atomic E-state index is 0.0995. The first-order chi connectivity index (χ1) is 9.65. The second-order valence-electron chi connectivity index (χ2n) is 4.75. The van der Waals surface area contributed by atoms with E-state index in [1.165, 1.54) is 6.20 Å². The molecule has 2 aromatic heterocycles. The van der Waals surface area contributed by atoms with Gasteiger partial charge >= 0.3 is 0 Å². The molecule has 5 heteroatoms. The maximum atomic E-state index is 9.17. The van der Waals surface area contributed by atoms with Gasteiger partial charge in [-0.1, -0.05) is 6.07 Å². The van der Waals surface area contributed by atoms with Crippen molar-refractivity contribution in [2.24, 2.45) is 0 Å². The first-order valence-corrected chi connectivity index (χ1v) is 6.60. The Kier molecular flexibility index (Phi) is 4.90. The van der Waals surface area contributed by atoms with E-state index in [-0.39, 0.29) is 11.9 Å². The second kappa shape index (κ2) is 6.86.